The molecule has 1 N–H and O–H groups in total. The summed E-state index contributed by atoms with van der Waals surface area (Å²) >= 11 is 1.28. The number of carbonyl (C=O) groups excluding carboxylic acids is 1. The first-order valence-corrected chi connectivity index (χ1v) is 5.52. The van der Waals surface area contributed by atoms with Gasteiger partial charge >= 0.3 is 11.9 Å². The topological polar surface area (TPSA) is 63.6 Å². The third kappa shape index (κ3) is 5.11. The SMILES string of the molecule is CCOC(=O)CSCC(C)(C)C(=O)O. The molecule has 0 amide bonds. The summed E-state index contributed by atoms with van der Waals surface area (Å²) in [7, 11) is 0. The zero-order chi connectivity index (χ0) is 11.2. The van der Waals surface area contributed by atoms with Crippen molar-refractivity contribution in [3.8, 4) is 0 Å². The van der Waals surface area contributed by atoms with Crippen molar-refractivity contribution in [1.29, 1.82) is 0 Å². The molecule has 0 unspecified atom stereocenters. The van der Waals surface area contributed by atoms with Crippen molar-refractivity contribution in [2.75, 3.05) is 18.1 Å². The van der Waals surface area contributed by atoms with Gasteiger partial charge in [0.15, 0.2) is 0 Å². The maximum absolute atomic E-state index is 10.9. The molecule has 0 aromatic carbocycles. The monoisotopic (exact) mass is 220 g/mol. The van der Waals surface area contributed by atoms with Crippen molar-refractivity contribution in [3.63, 3.8) is 0 Å². The summed E-state index contributed by atoms with van der Waals surface area (Å²) < 4.78 is 4.71. The summed E-state index contributed by atoms with van der Waals surface area (Å²) in [5, 5.41) is 8.78. The summed E-state index contributed by atoms with van der Waals surface area (Å²) in [5.41, 5.74) is -0.794. The summed E-state index contributed by atoms with van der Waals surface area (Å²) in [4.78, 5) is 21.6. The van der Waals surface area contributed by atoms with Gasteiger partial charge in [-0.1, -0.05) is 0 Å². The molecule has 0 radical (unpaired) electrons. The van der Waals surface area contributed by atoms with Crippen LogP contribution < -0.4 is 0 Å². The highest BCUT2D eigenvalue weighted by Crippen LogP contribution is 2.21. The molecule has 0 aliphatic rings. The van der Waals surface area contributed by atoms with E-state index in [4.69, 9.17) is 9.84 Å². The molecular weight excluding hydrogens is 204 g/mol. The Morgan fingerprint density at radius 2 is 2.00 bits per heavy atom. The normalized spacial score (nSPS) is 11.1. The molecule has 0 heterocycles. The van der Waals surface area contributed by atoms with Gasteiger partial charge in [0.05, 0.1) is 17.8 Å². The minimum absolute atomic E-state index is 0.213. The molecule has 4 nitrogen and oxygen atoms in total. The molecule has 0 aromatic heterocycles. The summed E-state index contributed by atoms with van der Waals surface area (Å²) in [6.45, 7) is 5.37. The molecular formula is C9H16O4S. The predicted octanol–water partition coefficient (Wildman–Crippen LogP) is 1.39. The number of carboxylic acid groups (broad SMARTS) is 1. The lowest BCUT2D eigenvalue weighted by Crippen LogP contribution is -2.27. The highest BCUT2D eigenvalue weighted by atomic mass is 32.2. The van der Waals surface area contributed by atoms with E-state index in [1.807, 2.05) is 0 Å². The van der Waals surface area contributed by atoms with Crippen LogP contribution in [0.3, 0.4) is 0 Å². The Balaban J connectivity index is 3.74. The van der Waals surface area contributed by atoms with E-state index < -0.39 is 11.4 Å². The molecule has 0 spiro atoms. The molecule has 0 aliphatic carbocycles. The van der Waals surface area contributed by atoms with Crippen molar-refractivity contribution >= 4 is 23.7 Å². The minimum Gasteiger partial charge on any atom is -0.481 e. The second-order valence-corrected chi connectivity index (χ2v) is 4.47. The number of carboxylic acids is 1. The number of hydrogen-bond donors (Lipinski definition) is 1. The number of hydrogen-bond acceptors (Lipinski definition) is 4. The lowest BCUT2D eigenvalue weighted by molar-refractivity contribution is -0.145. The van der Waals surface area contributed by atoms with Crippen LogP contribution >= 0.6 is 11.8 Å². The largest absolute Gasteiger partial charge is 0.481 e. The Hall–Kier alpha value is -0.710. The quantitative estimate of drug-likeness (QED) is 0.685. The van der Waals surface area contributed by atoms with E-state index in [1.165, 1.54) is 11.8 Å². The maximum Gasteiger partial charge on any atom is 0.315 e. The highest BCUT2D eigenvalue weighted by molar-refractivity contribution is 7.99. The number of esters is 1. The fraction of sp³-hybridized carbons (Fsp3) is 0.778. The number of ether oxygens (including phenoxy) is 1. The Labute approximate surface area is 88.0 Å². The van der Waals surface area contributed by atoms with Crippen molar-refractivity contribution < 1.29 is 19.4 Å². The zero-order valence-electron chi connectivity index (χ0n) is 8.70. The lowest BCUT2D eigenvalue weighted by Gasteiger charge is -2.17. The number of aliphatic carboxylic acids is 1. The van der Waals surface area contributed by atoms with Gasteiger partial charge in [0.2, 0.25) is 0 Å². The second kappa shape index (κ2) is 5.90. The summed E-state index contributed by atoms with van der Waals surface area (Å²) in [6, 6.07) is 0. The van der Waals surface area contributed by atoms with E-state index in [0.717, 1.165) is 0 Å². The van der Waals surface area contributed by atoms with Crippen LogP contribution in [0.25, 0.3) is 0 Å². The van der Waals surface area contributed by atoms with E-state index in [0.29, 0.717) is 12.4 Å². The molecule has 0 aromatic rings. The number of carbonyl (C=O) groups is 2. The van der Waals surface area contributed by atoms with Gasteiger partial charge in [-0.05, 0) is 20.8 Å². The van der Waals surface area contributed by atoms with Gasteiger partial charge in [0.1, 0.15) is 0 Å². The van der Waals surface area contributed by atoms with Crippen LogP contribution in [0.2, 0.25) is 0 Å². The molecule has 14 heavy (non-hydrogen) atoms. The van der Waals surface area contributed by atoms with Crippen LogP contribution in [0.15, 0.2) is 0 Å². The average molecular weight is 220 g/mol. The Bertz CT molecular complexity index is 213. The predicted molar refractivity (Wildman–Crippen MR) is 55.4 cm³/mol. The first-order chi connectivity index (χ1) is 6.40. The zero-order valence-corrected chi connectivity index (χ0v) is 9.52. The third-order valence-corrected chi connectivity index (χ3v) is 2.93. The fourth-order valence-corrected chi connectivity index (χ4v) is 1.64. The average Bonchev–Trinajstić information content (AvgIpc) is 2.04. The first kappa shape index (κ1) is 13.3. The van der Waals surface area contributed by atoms with Gasteiger partial charge in [-0.25, -0.2) is 0 Å². The molecule has 0 bridgehead atoms. The molecule has 5 heteroatoms. The second-order valence-electron chi connectivity index (χ2n) is 3.49. The maximum atomic E-state index is 10.9. The standard InChI is InChI=1S/C9H16O4S/c1-4-13-7(10)5-14-6-9(2,3)8(11)12/h4-6H2,1-3H3,(H,11,12). The summed E-state index contributed by atoms with van der Waals surface area (Å²) in [6.07, 6.45) is 0. The molecule has 0 fully saturated rings. The van der Waals surface area contributed by atoms with Crippen molar-refractivity contribution in [2.45, 2.75) is 20.8 Å². The van der Waals surface area contributed by atoms with Gasteiger partial charge in [0.25, 0.3) is 0 Å². The molecule has 0 saturated heterocycles. The first-order valence-electron chi connectivity index (χ1n) is 4.37. The Kier molecular flexibility index (Phi) is 5.60. The van der Waals surface area contributed by atoms with Crippen molar-refractivity contribution in [2.24, 2.45) is 5.41 Å². The Morgan fingerprint density at radius 3 is 2.43 bits per heavy atom. The molecule has 0 aliphatic heterocycles. The lowest BCUT2D eigenvalue weighted by atomic mass is 9.97. The number of thioether (sulfide) groups is 1. The number of rotatable bonds is 6. The fourth-order valence-electron chi connectivity index (χ4n) is 0.654. The van der Waals surface area contributed by atoms with Crippen molar-refractivity contribution in [1.82, 2.24) is 0 Å². The summed E-state index contributed by atoms with van der Waals surface area (Å²) in [5.74, 6) is -0.529. The third-order valence-electron chi connectivity index (χ3n) is 1.57. The Morgan fingerprint density at radius 1 is 1.43 bits per heavy atom. The van der Waals surface area contributed by atoms with Crippen LogP contribution in [0.1, 0.15) is 20.8 Å². The van der Waals surface area contributed by atoms with Crippen LogP contribution in [0, 0.1) is 5.41 Å². The van der Waals surface area contributed by atoms with Crippen LogP contribution in [-0.4, -0.2) is 35.2 Å². The van der Waals surface area contributed by atoms with Crippen LogP contribution in [-0.2, 0) is 14.3 Å². The molecule has 0 atom stereocenters. The van der Waals surface area contributed by atoms with Crippen LogP contribution in [0.4, 0.5) is 0 Å². The highest BCUT2D eigenvalue weighted by Gasteiger charge is 2.27. The van der Waals surface area contributed by atoms with E-state index in [9.17, 15) is 9.59 Å². The molecule has 0 rings (SSSR count). The van der Waals surface area contributed by atoms with E-state index in [2.05, 4.69) is 0 Å². The van der Waals surface area contributed by atoms with Gasteiger partial charge < -0.3 is 9.84 Å². The van der Waals surface area contributed by atoms with Gasteiger partial charge in [-0.3, -0.25) is 9.59 Å². The smallest absolute Gasteiger partial charge is 0.315 e. The van der Waals surface area contributed by atoms with Gasteiger partial charge in [-0.2, -0.15) is 0 Å². The van der Waals surface area contributed by atoms with E-state index in [1.54, 1.807) is 20.8 Å². The molecule has 82 valence electrons. The van der Waals surface area contributed by atoms with Crippen molar-refractivity contribution in [3.05, 3.63) is 0 Å². The molecule has 0 saturated carbocycles. The van der Waals surface area contributed by atoms with E-state index >= 15 is 0 Å². The van der Waals surface area contributed by atoms with Gasteiger partial charge in [-0.15, -0.1) is 11.8 Å². The van der Waals surface area contributed by atoms with E-state index in [-0.39, 0.29) is 11.7 Å². The van der Waals surface area contributed by atoms with Gasteiger partial charge in [0, 0.05) is 5.75 Å². The minimum atomic E-state index is -0.853. The van der Waals surface area contributed by atoms with Crippen LogP contribution in [0.5, 0.6) is 0 Å².